The molecule has 4 aromatic rings. The van der Waals surface area contributed by atoms with Gasteiger partial charge in [-0.25, -0.2) is 4.98 Å². The predicted octanol–water partition coefficient (Wildman–Crippen LogP) is 2.68. The molecule has 0 unspecified atom stereocenters. The van der Waals surface area contributed by atoms with Crippen molar-refractivity contribution in [2.45, 2.75) is 6.92 Å². The van der Waals surface area contributed by atoms with Crippen LogP contribution in [0.3, 0.4) is 0 Å². The summed E-state index contributed by atoms with van der Waals surface area (Å²) in [5.41, 5.74) is 2.16. The number of anilines is 1. The van der Waals surface area contributed by atoms with Crippen molar-refractivity contribution in [2.75, 3.05) is 32.5 Å². The summed E-state index contributed by atoms with van der Waals surface area (Å²) in [7, 11) is 4.05. The lowest BCUT2D eigenvalue weighted by Gasteiger charge is -2.14. The molecule has 0 aliphatic heterocycles. The summed E-state index contributed by atoms with van der Waals surface area (Å²) in [5.74, 6) is 0.700. The lowest BCUT2D eigenvalue weighted by Crippen LogP contribution is -2.23. The first-order chi connectivity index (χ1) is 12.5. The first-order valence-electron chi connectivity index (χ1n) is 8.65. The van der Waals surface area contributed by atoms with Gasteiger partial charge in [-0.3, -0.25) is 4.79 Å². The molecule has 2 aromatic heterocycles. The Balaban J connectivity index is 2.01. The van der Waals surface area contributed by atoms with Gasteiger partial charge >= 0.3 is 0 Å². The van der Waals surface area contributed by atoms with Gasteiger partial charge in [0.1, 0.15) is 0 Å². The average molecular weight is 347 g/mol. The van der Waals surface area contributed by atoms with E-state index in [2.05, 4.69) is 15.3 Å². The number of benzene rings is 2. The third-order valence-electron chi connectivity index (χ3n) is 4.48. The number of fused-ring (bicyclic) bond motifs is 4. The number of nitrogens with one attached hydrogen (secondary N) is 1. The van der Waals surface area contributed by atoms with Crippen molar-refractivity contribution in [2.24, 2.45) is 0 Å². The van der Waals surface area contributed by atoms with E-state index < -0.39 is 0 Å². The van der Waals surface area contributed by atoms with Gasteiger partial charge in [0.25, 0.3) is 5.56 Å². The minimum absolute atomic E-state index is 0.143. The van der Waals surface area contributed by atoms with E-state index in [0.717, 1.165) is 29.4 Å². The van der Waals surface area contributed by atoms with Crippen LogP contribution in [-0.4, -0.2) is 46.7 Å². The van der Waals surface area contributed by atoms with Crippen LogP contribution >= 0.6 is 0 Å². The highest BCUT2D eigenvalue weighted by atomic mass is 16.1. The van der Waals surface area contributed by atoms with Gasteiger partial charge in [-0.1, -0.05) is 35.9 Å². The van der Waals surface area contributed by atoms with E-state index in [1.165, 1.54) is 4.52 Å². The molecule has 2 aromatic carbocycles. The molecule has 0 saturated carbocycles. The average Bonchev–Trinajstić information content (AvgIpc) is 2.63. The second kappa shape index (κ2) is 6.38. The topological polar surface area (TPSA) is 62.5 Å². The van der Waals surface area contributed by atoms with Crippen molar-refractivity contribution < 1.29 is 0 Å². The van der Waals surface area contributed by atoms with Crippen LogP contribution in [0, 0.1) is 6.92 Å². The molecule has 2 heterocycles. The molecule has 0 fully saturated rings. The normalized spacial score (nSPS) is 11.7. The predicted molar refractivity (Wildman–Crippen MR) is 106 cm³/mol. The van der Waals surface area contributed by atoms with Crippen LogP contribution in [0.2, 0.25) is 0 Å². The Morgan fingerprint density at radius 2 is 1.85 bits per heavy atom. The highest BCUT2D eigenvalue weighted by Crippen LogP contribution is 2.24. The lowest BCUT2D eigenvalue weighted by atomic mass is 10.1. The molecule has 6 nitrogen and oxygen atoms in total. The molecule has 1 N–H and O–H groups in total. The molecule has 26 heavy (non-hydrogen) atoms. The highest BCUT2D eigenvalue weighted by Gasteiger charge is 2.13. The molecular weight excluding hydrogens is 326 g/mol. The number of hydrogen-bond acceptors (Lipinski definition) is 5. The molecule has 0 atom stereocenters. The first kappa shape index (κ1) is 16.5. The van der Waals surface area contributed by atoms with E-state index >= 15 is 0 Å². The summed E-state index contributed by atoms with van der Waals surface area (Å²) >= 11 is 0. The highest BCUT2D eigenvalue weighted by molar-refractivity contribution is 6.01. The van der Waals surface area contributed by atoms with Crippen molar-refractivity contribution in [3.05, 3.63) is 58.4 Å². The summed E-state index contributed by atoms with van der Waals surface area (Å²) in [6, 6.07) is 13.6. The van der Waals surface area contributed by atoms with Gasteiger partial charge in [-0.2, -0.15) is 4.52 Å². The van der Waals surface area contributed by atoms with Gasteiger partial charge in [-0.05, 0) is 33.2 Å². The fraction of sp³-hybridized carbons (Fsp3) is 0.250. The molecule has 0 bridgehead atoms. The van der Waals surface area contributed by atoms with E-state index in [4.69, 9.17) is 4.98 Å². The zero-order chi connectivity index (χ0) is 18.3. The molecule has 0 saturated heterocycles. The van der Waals surface area contributed by atoms with Crippen molar-refractivity contribution in [1.82, 2.24) is 19.5 Å². The van der Waals surface area contributed by atoms with E-state index in [9.17, 15) is 4.79 Å². The number of likely N-dealkylation sites (N-methyl/N-ethyl adjacent to an activating group) is 1. The Morgan fingerprint density at radius 1 is 1.08 bits per heavy atom. The SMILES string of the molecule is Cc1ccc2nc3c4ccccc4c(NCCN(C)C)nn3c(=O)c2c1. The van der Waals surface area contributed by atoms with Crippen LogP contribution < -0.4 is 10.9 Å². The quantitative estimate of drug-likeness (QED) is 0.454. The van der Waals surface area contributed by atoms with E-state index in [0.29, 0.717) is 22.4 Å². The second-order valence-corrected chi connectivity index (χ2v) is 6.80. The maximum absolute atomic E-state index is 13.0. The molecule has 4 rings (SSSR count). The zero-order valence-corrected chi connectivity index (χ0v) is 15.2. The minimum Gasteiger partial charge on any atom is -0.367 e. The summed E-state index contributed by atoms with van der Waals surface area (Å²) < 4.78 is 1.42. The zero-order valence-electron chi connectivity index (χ0n) is 15.2. The van der Waals surface area contributed by atoms with Gasteiger partial charge < -0.3 is 10.2 Å². The van der Waals surface area contributed by atoms with Gasteiger partial charge in [-0.15, -0.1) is 5.10 Å². The molecule has 0 amide bonds. The van der Waals surface area contributed by atoms with Crippen LogP contribution in [0.4, 0.5) is 5.82 Å². The number of aryl methyl sites for hydroxylation is 1. The lowest BCUT2D eigenvalue weighted by molar-refractivity contribution is 0.425. The smallest absolute Gasteiger partial charge is 0.282 e. The Morgan fingerprint density at radius 3 is 2.62 bits per heavy atom. The Bertz CT molecular complexity index is 1180. The molecule has 0 spiro atoms. The Labute approximate surface area is 151 Å². The fourth-order valence-corrected chi connectivity index (χ4v) is 3.12. The van der Waals surface area contributed by atoms with Crippen LogP contribution in [0.15, 0.2) is 47.3 Å². The van der Waals surface area contributed by atoms with E-state index in [-0.39, 0.29) is 5.56 Å². The minimum atomic E-state index is -0.143. The van der Waals surface area contributed by atoms with Crippen molar-refractivity contribution in [3.63, 3.8) is 0 Å². The van der Waals surface area contributed by atoms with E-state index in [1.54, 1.807) is 0 Å². The molecule has 6 heteroatoms. The number of rotatable bonds is 4. The largest absolute Gasteiger partial charge is 0.367 e. The van der Waals surface area contributed by atoms with Crippen LogP contribution in [0.1, 0.15) is 5.56 Å². The summed E-state index contributed by atoms with van der Waals surface area (Å²) in [4.78, 5) is 19.9. The van der Waals surface area contributed by atoms with Crippen molar-refractivity contribution >= 4 is 33.1 Å². The fourth-order valence-electron chi connectivity index (χ4n) is 3.12. The Hall–Kier alpha value is -2.99. The molecule has 0 aliphatic carbocycles. The third kappa shape index (κ3) is 2.78. The summed E-state index contributed by atoms with van der Waals surface area (Å²) in [5, 5.41) is 10.4. The van der Waals surface area contributed by atoms with Gasteiger partial charge in [0.2, 0.25) is 0 Å². The molecular formula is C20H21N5O. The van der Waals surface area contributed by atoms with Crippen LogP contribution in [0.25, 0.3) is 27.3 Å². The number of nitrogens with zero attached hydrogens (tertiary/aromatic N) is 4. The first-order valence-corrected chi connectivity index (χ1v) is 8.65. The van der Waals surface area contributed by atoms with Gasteiger partial charge in [0, 0.05) is 23.9 Å². The third-order valence-corrected chi connectivity index (χ3v) is 4.48. The van der Waals surface area contributed by atoms with Gasteiger partial charge in [0.15, 0.2) is 11.5 Å². The molecule has 0 radical (unpaired) electrons. The van der Waals surface area contributed by atoms with Crippen molar-refractivity contribution in [1.29, 1.82) is 0 Å². The van der Waals surface area contributed by atoms with E-state index in [1.807, 2.05) is 63.5 Å². The monoisotopic (exact) mass is 347 g/mol. The summed E-state index contributed by atoms with van der Waals surface area (Å²) in [6.45, 7) is 3.58. The molecule has 0 aliphatic rings. The van der Waals surface area contributed by atoms with Crippen LogP contribution in [-0.2, 0) is 0 Å². The maximum Gasteiger partial charge on any atom is 0.282 e. The standard InChI is InChI=1S/C20H21N5O/c1-13-8-9-17-16(12-13)20(26)25-19(22-17)15-7-5-4-6-14(15)18(23-25)21-10-11-24(2)3/h4-9,12H,10-11H2,1-3H3,(H,21,23). The maximum atomic E-state index is 13.0. The number of hydrogen-bond donors (Lipinski definition) is 1. The number of aromatic nitrogens is 3. The van der Waals surface area contributed by atoms with Crippen molar-refractivity contribution in [3.8, 4) is 0 Å². The van der Waals surface area contributed by atoms with Crippen LogP contribution in [0.5, 0.6) is 0 Å². The second-order valence-electron chi connectivity index (χ2n) is 6.80. The Kier molecular flexibility index (Phi) is 4.05. The van der Waals surface area contributed by atoms with Gasteiger partial charge in [0.05, 0.1) is 10.9 Å². The molecule has 132 valence electrons. The summed E-state index contributed by atoms with van der Waals surface area (Å²) in [6.07, 6.45) is 0.